The largest absolute Gasteiger partial charge is 0.395 e. The van der Waals surface area contributed by atoms with Crippen molar-refractivity contribution in [3.05, 3.63) is 59.2 Å². The number of nitrogens with zero attached hydrogens (tertiary/aromatic N) is 5. The van der Waals surface area contributed by atoms with Gasteiger partial charge in [-0.25, -0.2) is 4.98 Å². The first kappa shape index (κ1) is 26.0. The van der Waals surface area contributed by atoms with Crippen LogP contribution < -0.4 is 0 Å². The number of benzene rings is 2. The van der Waals surface area contributed by atoms with Crippen molar-refractivity contribution in [2.24, 2.45) is 0 Å². The first-order chi connectivity index (χ1) is 15.2. The van der Waals surface area contributed by atoms with Crippen LogP contribution in [0.25, 0.3) is 28.1 Å². The molecule has 33 heavy (non-hydrogen) atoms. The van der Waals surface area contributed by atoms with Crippen LogP contribution in [-0.4, -0.2) is 74.7 Å². The third-order valence-corrected chi connectivity index (χ3v) is 6.77. The Morgan fingerprint density at radius 1 is 0.848 bits per heavy atom. The third-order valence-electron chi connectivity index (χ3n) is 6.24. The number of aryl methyl sites for hydroxylation is 1. The van der Waals surface area contributed by atoms with Crippen LogP contribution in [0, 0.1) is 0 Å². The van der Waals surface area contributed by atoms with E-state index in [1.54, 1.807) is 0 Å². The molecule has 178 valence electrons. The fourth-order valence-electron chi connectivity index (χ4n) is 4.55. The van der Waals surface area contributed by atoms with Crippen LogP contribution in [0.1, 0.15) is 6.42 Å². The van der Waals surface area contributed by atoms with Crippen LogP contribution in [0.2, 0.25) is 0 Å². The summed E-state index contributed by atoms with van der Waals surface area (Å²) >= 11 is 3.55. The topological polar surface area (TPSA) is 48.9 Å². The van der Waals surface area contributed by atoms with E-state index in [2.05, 4.69) is 83.4 Å². The van der Waals surface area contributed by atoms with E-state index >= 15 is 0 Å². The first-order valence-electron chi connectivity index (χ1n) is 11.0. The van der Waals surface area contributed by atoms with Gasteiger partial charge in [0.2, 0.25) is 5.78 Å². The number of piperazine rings is 1. The highest BCUT2D eigenvalue weighted by molar-refractivity contribution is 9.10. The van der Waals surface area contributed by atoms with E-state index in [-0.39, 0.29) is 31.4 Å². The maximum Gasteiger partial charge on any atom is 0.215 e. The second-order valence-electron chi connectivity index (χ2n) is 8.20. The molecule has 0 unspecified atom stereocenters. The van der Waals surface area contributed by atoms with Crippen molar-refractivity contribution in [3.63, 3.8) is 0 Å². The molecule has 2 aromatic carbocycles. The fraction of sp³-hybridized carbons (Fsp3) is 0.375. The van der Waals surface area contributed by atoms with Crippen molar-refractivity contribution >= 4 is 57.6 Å². The van der Waals surface area contributed by atoms with Gasteiger partial charge in [0.25, 0.3) is 0 Å². The average molecular weight is 555 g/mol. The second kappa shape index (κ2) is 11.7. The van der Waals surface area contributed by atoms with Gasteiger partial charge in [-0.2, -0.15) is 0 Å². The van der Waals surface area contributed by atoms with E-state index < -0.39 is 0 Å². The normalized spacial score (nSPS) is 15.0. The van der Waals surface area contributed by atoms with Gasteiger partial charge >= 0.3 is 0 Å². The zero-order valence-corrected chi connectivity index (χ0v) is 21.7. The number of aliphatic hydroxyl groups excluding tert-OH is 1. The number of aliphatic hydroxyl groups is 1. The molecule has 0 amide bonds. The van der Waals surface area contributed by atoms with E-state index in [1.807, 2.05) is 6.07 Å². The number of β-amino-alcohol motifs (C(OH)–C–C–N with tert-alkyl or cyclic N) is 1. The SMILES string of the molecule is Cl.Cl.OCCN1CCN(CCCn2c(-c3ccc(Br)cc3)cn3c4ccccc4nc23)CC1. The lowest BCUT2D eigenvalue weighted by Crippen LogP contribution is -2.47. The van der Waals surface area contributed by atoms with E-state index in [9.17, 15) is 0 Å². The Kier molecular flexibility index (Phi) is 9.21. The van der Waals surface area contributed by atoms with Gasteiger partial charge < -0.3 is 14.6 Å². The molecule has 1 N–H and O–H groups in total. The quantitative estimate of drug-likeness (QED) is 0.364. The number of rotatable bonds is 7. The number of para-hydroxylation sites is 2. The fourth-order valence-corrected chi connectivity index (χ4v) is 4.82. The lowest BCUT2D eigenvalue weighted by Gasteiger charge is -2.34. The number of halogens is 3. The van der Waals surface area contributed by atoms with Crippen molar-refractivity contribution < 1.29 is 5.11 Å². The Hall–Kier alpha value is -1.61. The van der Waals surface area contributed by atoms with Crippen molar-refractivity contribution in [2.45, 2.75) is 13.0 Å². The van der Waals surface area contributed by atoms with Crippen LogP contribution in [0.5, 0.6) is 0 Å². The molecule has 5 rings (SSSR count). The highest BCUT2D eigenvalue weighted by Crippen LogP contribution is 2.28. The van der Waals surface area contributed by atoms with Crippen molar-refractivity contribution in [3.8, 4) is 11.3 Å². The molecule has 2 aromatic heterocycles. The summed E-state index contributed by atoms with van der Waals surface area (Å²) < 4.78 is 5.68. The smallest absolute Gasteiger partial charge is 0.215 e. The number of aromatic nitrogens is 3. The van der Waals surface area contributed by atoms with Gasteiger partial charge in [-0.15, -0.1) is 24.8 Å². The molecule has 1 aliphatic heterocycles. The van der Waals surface area contributed by atoms with Gasteiger partial charge in [0.05, 0.1) is 23.3 Å². The Bertz CT molecular complexity index is 1170. The van der Waals surface area contributed by atoms with Gasteiger partial charge in [-0.1, -0.05) is 40.2 Å². The second-order valence-corrected chi connectivity index (χ2v) is 9.12. The maximum absolute atomic E-state index is 9.14. The summed E-state index contributed by atoms with van der Waals surface area (Å²) in [5.41, 5.74) is 4.59. The summed E-state index contributed by atoms with van der Waals surface area (Å²) in [6, 6.07) is 16.9. The van der Waals surface area contributed by atoms with Crippen LogP contribution >= 0.6 is 40.7 Å². The molecule has 1 fully saturated rings. The molecule has 0 atom stereocenters. The van der Waals surface area contributed by atoms with Crippen molar-refractivity contribution in [1.82, 2.24) is 23.8 Å². The van der Waals surface area contributed by atoms with Gasteiger partial charge in [-0.05, 0) is 42.8 Å². The first-order valence-corrected chi connectivity index (χ1v) is 11.8. The molecule has 0 saturated carbocycles. The number of hydrogen-bond donors (Lipinski definition) is 1. The van der Waals surface area contributed by atoms with Gasteiger partial charge in [-0.3, -0.25) is 9.30 Å². The summed E-state index contributed by atoms with van der Waals surface area (Å²) in [6.07, 6.45) is 3.30. The minimum absolute atomic E-state index is 0. The molecule has 1 saturated heterocycles. The van der Waals surface area contributed by atoms with Crippen molar-refractivity contribution in [2.75, 3.05) is 45.9 Å². The van der Waals surface area contributed by atoms with E-state index in [0.29, 0.717) is 0 Å². The highest BCUT2D eigenvalue weighted by Gasteiger charge is 2.18. The monoisotopic (exact) mass is 553 g/mol. The molecule has 4 aromatic rings. The minimum Gasteiger partial charge on any atom is -0.395 e. The molecule has 3 heterocycles. The Morgan fingerprint density at radius 2 is 1.52 bits per heavy atom. The minimum atomic E-state index is 0. The average Bonchev–Trinajstić information content (AvgIpc) is 3.32. The lowest BCUT2D eigenvalue weighted by atomic mass is 10.1. The predicted octanol–water partition coefficient (Wildman–Crippen LogP) is 4.56. The lowest BCUT2D eigenvalue weighted by molar-refractivity contribution is 0.111. The van der Waals surface area contributed by atoms with Crippen molar-refractivity contribution in [1.29, 1.82) is 0 Å². The Balaban J connectivity index is 0.00000153. The molecule has 0 bridgehead atoms. The van der Waals surface area contributed by atoms with E-state index in [0.717, 1.165) is 73.5 Å². The summed E-state index contributed by atoms with van der Waals surface area (Å²) in [7, 11) is 0. The van der Waals surface area contributed by atoms with Crippen LogP contribution in [0.4, 0.5) is 0 Å². The Labute approximate surface area is 215 Å². The molecule has 0 aliphatic carbocycles. The van der Waals surface area contributed by atoms with Crippen LogP contribution in [0.15, 0.2) is 59.2 Å². The number of hydrogen-bond acceptors (Lipinski definition) is 4. The Morgan fingerprint density at radius 3 is 2.21 bits per heavy atom. The van der Waals surface area contributed by atoms with Crippen LogP contribution in [-0.2, 0) is 6.54 Å². The van der Waals surface area contributed by atoms with Crippen LogP contribution in [0.3, 0.4) is 0 Å². The van der Waals surface area contributed by atoms with Gasteiger partial charge in [0.15, 0.2) is 0 Å². The molecule has 1 aliphatic rings. The molecular formula is C24H30BrCl2N5O. The molecule has 0 spiro atoms. The predicted molar refractivity (Wildman–Crippen MR) is 143 cm³/mol. The zero-order chi connectivity index (χ0) is 21.2. The van der Waals surface area contributed by atoms with E-state index in [1.165, 1.54) is 11.3 Å². The van der Waals surface area contributed by atoms with Gasteiger partial charge in [0.1, 0.15) is 0 Å². The van der Waals surface area contributed by atoms with E-state index in [4.69, 9.17) is 10.1 Å². The summed E-state index contributed by atoms with van der Waals surface area (Å²) in [4.78, 5) is 9.83. The molecule has 0 radical (unpaired) electrons. The highest BCUT2D eigenvalue weighted by atomic mass is 79.9. The standard InChI is InChI=1S/C24H28BrN5O.2ClH/c25-20-8-6-19(7-9-20)23-18-30-22-5-2-1-4-21(22)26-24(30)29(23)11-3-10-27-12-14-28(15-13-27)16-17-31;;/h1-2,4-9,18,31H,3,10-17H2;2*1H. The number of fused-ring (bicyclic) bond motifs is 3. The summed E-state index contributed by atoms with van der Waals surface area (Å²) in [6.45, 7) is 7.30. The van der Waals surface area contributed by atoms with Gasteiger partial charge in [0, 0.05) is 49.9 Å². The zero-order valence-electron chi connectivity index (χ0n) is 18.4. The maximum atomic E-state index is 9.14. The summed E-state index contributed by atoms with van der Waals surface area (Å²) in [5.74, 6) is 1.01. The molecule has 6 nitrogen and oxygen atoms in total. The molecular weight excluding hydrogens is 525 g/mol. The number of imidazole rings is 2. The third kappa shape index (κ3) is 5.56. The summed E-state index contributed by atoms with van der Waals surface area (Å²) in [5, 5.41) is 9.14. The molecule has 9 heteroatoms.